The molecule has 1 heterocycles. The number of esters is 1. The second-order valence-electron chi connectivity index (χ2n) is 6.87. The molecule has 1 aliphatic rings. The minimum absolute atomic E-state index is 0.138. The van der Waals surface area contributed by atoms with Gasteiger partial charge in [-0.2, -0.15) is 0 Å². The van der Waals surface area contributed by atoms with Gasteiger partial charge in [-0.25, -0.2) is 4.79 Å². The summed E-state index contributed by atoms with van der Waals surface area (Å²) in [4.78, 5) is 24.9. The van der Waals surface area contributed by atoms with Gasteiger partial charge in [-0.05, 0) is 48.0 Å². The fraction of sp³-hybridized carbons (Fsp3) is 0.0769. The largest absolute Gasteiger partial charge is 0.497 e. The van der Waals surface area contributed by atoms with Crippen LogP contribution in [0.3, 0.4) is 0 Å². The van der Waals surface area contributed by atoms with Crippen LogP contribution in [0.2, 0.25) is 0 Å². The van der Waals surface area contributed by atoms with Crippen LogP contribution in [0.4, 0.5) is 0 Å². The Morgan fingerprint density at radius 1 is 0.906 bits per heavy atom. The SMILES string of the molecule is COc1ccc(OC)c(C=C2Oc3cc(OC(=O)C=Cc4ccccc4)ccc3C2=O)c1. The molecule has 0 aromatic heterocycles. The van der Waals surface area contributed by atoms with Crippen molar-refractivity contribution in [1.29, 1.82) is 0 Å². The molecule has 0 aliphatic carbocycles. The Labute approximate surface area is 185 Å². The van der Waals surface area contributed by atoms with Crippen molar-refractivity contribution < 1.29 is 28.5 Å². The van der Waals surface area contributed by atoms with Crippen LogP contribution in [0.15, 0.2) is 78.6 Å². The molecule has 0 bridgehead atoms. The van der Waals surface area contributed by atoms with E-state index in [4.69, 9.17) is 18.9 Å². The molecule has 4 rings (SSSR count). The maximum absolute atomic E-state index is 12.8. The molecule has 0 fully saturated rings. The number of ether oxygens (including phenoxy) is 4. The van der Waals surface area contributed by atoms with Gasteiger partial charge in [-0.15, -0.1) is 0 Å². The van der Waals surface area contributed by atoms with E-state index in [1.54, 1.807) is 56.7 Å². The minimum atomic E-state index is -0.532. The fourth-order valence-corrected chi connectivity index (χ4v) is 3.20. The van der Waals surface area contributed by atoms with Crippen LogP contribution in [0.5, 0.6) is 23.0 Å². The Hall–Kier alpha value is -4.32. The second-order valence-corrected chi connectivity index (χ2v) is 6.87. The van der Waals surface area contributed by atoms with Crippen LogP contribution in [0.1, 0.15) is 21.5 Å². The first-order chi connectivity index (χ1) is 15.6. The summed E-state index contributed by atoms with van der Waals surface area (Å²) in [6, 6.07) is 19.3. The number of allylic oxidation sites excluding steroid dienone is 1. The van der Waals surface area contributed by atoms with Crippen molar-refractivity contribution in [2.24, 2.45) is 0 Å². The molecule has 6 nitrogen and oxygen atoms in total. The molecule has 3 aromatic rings. The number of benzene rings is 3. The molecule has 160 valence electrons. The number of carbonyl (C=O) groups excluding carboxylic acids is 2. The number of hydrogen-bond donors (Lipinski definition) is 0. The number of rotatable bonds is 6. The van der Waals surface area contributed by atoms with Crippen LogP contribution in [0.25, 0.3) is 12.2 Å². The van der Waals surface area contributed by atoms with E-state index in [9.17, 15) is 9.59 Å². The van der Waals surface area contributed by atoms with Crippen molar-refractivity contribution in [2.45, 2.75) is 0 Å². The topological polar surface area (TPSA) is 71.1 Å². The first-order valence-corrected chi connectivity index (χ1v) is 9.82. The molecule has 6 heteroatoms. The first-order valence-electron chi connectivity index (χ1n) is 9.82. The van der Waals surface area contributed by atoms with Crippen molar-refractivity contribution in [3.05, 3.63) is 95.3 Å². The average Bonchev–Trinajstić information content (AvgIpc) is 3.12. The lowest BCUT2D eigenvalue weighted by atomic mass is 10.1. The van der Waals surface area contributed by atoms with Crippen LogP contribution in [0, 0.1) is 0 Å². The lowest BCUT2D eigenvalue weighted by Crippen LogP contribution is -2.03. The Kier molecular flexibility index (Phi) is 6.03. The van der Waals surface area contributed by atoms with Gasteiger partial charge in [-0.1, -0.05) is 30.3 Å². The monoisotopic (exact) mass is 428 g/mol. The van der Waals surface area contributed by atoms with E-state index < -0.39 is 5.97 Å². The van der Waals surface area contributed by atoms with Crippen molar-refractivity contribution in [3.8, 4) is 23.0 Å². The number of hydrogen-bond acceptors (Lipinski definition) is 6. The molecule has 0 N–H and O–H groups in total. The molecule has 0 saturated heterocycles. The summed E-state index contributed by atoms with van der Waals surface area (Å²) in [7, 11) is 3.10. The van der Waals surface area contributed by atoms with E-state index in [1.165, 1.54) is 12.1 Å². The smallest absolute Gasteiger partial charge is 0.336 e. The molecule has 0 atom stereocenters. The third-order valence-corrected chi connectivity index (χ3v) is 4.79. The van der Waals surface area contributed by atoms with E-state index in [0.29, 0.717) is 28.4 Å². The second kappa shape index (κ2) is 9.22. The molecule has 32 heavy (non-hydrogen) atoms. The highest BCUT2D eigenvalue weighted by Gasteiger charge is 2.28. The average molecular weight is 428 g/mol. The first kappa shape index (κ1) is 20.9. The molecular formula is C26H20O6. The van der Waals surface area contributed by atoms with Gasteiger partial charge in [0.2, 0.25) is 5.78 Å². The van der Waals surface area contributed by atoms with E-state index in [1.807, 2.05) is 30.3 Å². The zero-order valence-electron chi connectivity index (χ0n) is 17.5. The van der Waals surface area contributed by atoms with Crippen LogP contribution in [-0.2, 0) is 4.79 Å². The zero-order valence-corrected chi connectivity index (χ0v) is 17.5. The van der Waals surface area contributed by atoms with Crippen molar-refractivity contribution >= 4 is 23.9 Å². The van der Waals surface area contributed by atoms with Gasteiger partial charge in [0.05, 0.1) is 19.8 Å². The summed E-state index contributed by atoms with van der Waals surface area (Å²) >= 11 is 0. The summed E-state index contributed by atoms with van der Waals surface area (Å²) in [5, 5.41) is 0. The normalized spacial score (nSPS) is 13.7. The Bertz CT molecular complexity index is 1220. The molecule has 0 spiro atoms. The molecule has 0 saturated carbocycles. The molecule has 0 unspecified atom stereocenters. The highest BCUT2D eigenvalue weighted by molar-refractivity contribution is 6.14. The number of Topliss-reactive ketones (excluding diaryl/α,β-unsaturated/α-hetero) is 1. The zero-order chi connectivity index (χ0) is 22.5. The summed E-state index contributed by atoms with van der Waals surface area (Å²) < 4.78 is 21.7. The summed E-state index contributed by atoms with van der Waals surface area (Å²) in [5.41, 5.74) is 1.91. The molecule has 0 amide bonds. The fourth-order valence-electron chi connectivity index (χ4n) is 3.20. The van der Waals surface area contributed by atoms with Crippen molar-refractivity contribution in [1.82, 2.24) is 0 Å². The minimum Gasteiger partial charge on any atom is -0.497 e. The van der Waals surface area contributed by atoms with Gasteiger partial charge < -0.3 is 18.9 Å². The number of methoxy groups -OCH3 is 2. The van der Waals surface area contributed by atoms with Crippen LogP contribution < -0.4 is 18.9 Å². The standard InChI is InChI=1S/C26H20O6/c1-29-19-10-12-22(30-2)18(14-19)15-24-26(28)21-11-9-20(16-23(21)32-24)31-25(27)13-8-17-6-4-3-5-7-17/h3-16H,1-2H3. The maximum atomic E-state index is 12.8. The summed E-state index contributed by atoms with van der Waals surface area (Å²) in [5.74, 6) is 1.13. The Balaban J connectivity index is 1.52. The molecular weight excluding hydrogens is 408 g/mol. The van der Waals surface area contributed by atoms with Crippen LogP contribution in [-0.4, -0.2) is 26.0 Å². The Morgan fingerprint density at radius 2 is 1.69 bits per heavy atom. The quantitative estimate of drug-likeness (QED) is 0.315. The van der Waals surface area contributed by atoms with E-state index >= 15 is 0 Å². The van der Waals surface area contributed by atoms with Crippen LogP contribution >= 0.6 is 0 Å². The highest BCUT2D eigenvalue weighted by atomic mass is 16.5. The van der Waals surface area contributed by atoms with Gasteiger partial charge in [0.15, 0.2) is 5.76 Å². The van der Waals surface area contributed by atoms with Gasteiger partial charge in [-0.3, -0.25) is 4.79 Å². The third kappa shape index (κ3) is 4.54. The lowest BCUT2D eigenvalue weighted by molar-refractivity contribution is -0.128. The van der Waals surface area contributed by atoms with E-state index in [0.717, 1.165) is 5.56 Å². The lowest BCUT2D eigenvalue weighted by Gasteiger charge is -2.08. The summed E-state index contributed by atoms with van der Waals surface area (Å²) in [6.45, 7) is 0. The Morgan fingerprint density at radius 3 is 2.44 bits per heavy atom. The van der Waals surface area contributed by atoms with Gasteiger partial charge in [0.1, 0.15) is 23.0 Å². The van der Waals surface area contributed by atoms with E-state index in [2.05, 4.69) is 0 Å². The molecule has 0 radical (unpaired) electrons. The number of carbonyl (C=O) groups is 2. The number of fused-ring (bicyclic) bond motifs is 1. The van der Waals surface area contributed by atoms with Gasteiger partial charge >= 0.3 is 5.97 Å². The molecule has 3 aromatic carbocycles. The van der Waals surface area contributed by atoms with Gasteiger partial charge in [0, 0.05) is 17.7 Å². The van der Waals surface area contributed by atoms with Crippen molar-refractivity contribution in [2.75, 3.05) is 14.2 Å². The third-order valence-electron chi connectivity index (χ3n) is 4.79. The molecule has 1 aliphatic heterocycles. The maximum Gasteiger partial charge on any atom is 0.336 e. The van der Waals surface area contributed by atoms with Crippen molar-refractivity contribution in [3.63, 3.8) is 0 Å². The summed E-state index contributed by atoms with van der Waals surface area (Å²) in [6.07, 6.45) is 4.60. The van der Waals surface area contributed by atoms with E-state index in [-0.39, 0.29) is 17.3 Å². The van der Waals surface area contributed by atoms with Gasteiger partial charge in [0.25, 0.3) is 0 Å². The number of ketones is 1. The predicted octanol–water partition coefficient (Wildman–Crippen LogP) is 4.94. The predicted molar refractivity (Wildman–Crippen MR) is 120 cm³/mol. The highest BCUT2D eigenvalue weighted by Crippen LogP contribution is 2.36.